The van der Waals surface area contributed by atoms with Gasteiger partial charge in [0.1, 0.15) is 5.76 Å². The zero-order valence-corrected chi connectivity index (χ0v) is 14.8. The molecule has 0 saturated carbocycles. The molecule has 7 nitrogen and oxygen atoms in total. The summed E-state index contributed by atoms with van der Waals surface area (Å²) in [6, 6.07) is 12.8. The van der Waals surface area contributed by atoms with Crippen molar-refractivity contribution in [2.24, 2.45) is 11.8 Å². The highest BCUT2D eigenvalue weighted by atomic mass is 16.4. The number of amides is 2. The van der Waals surface area contributed by atoms with E-state index in [9.17, 15) is 19.5 Å². The van der Waals surface area contributed by atoms with E-state index >= 15 is 0 Å². The first kappa shape index (κ1) is 18.7. The van der Waals surface area contributed by atoms with Crippen LogP contribution in [0.3, 0.4) is 0 Å². The monoisotopic (exact) mass is 370 g/mol. The maximum absolute atomic E-state index is 12.4. The van der Waals surface area contributed by atoms with E-state index in [0.717, 1.165) is 5.56 Å². The van der Waals surface area contributed by atoms with Crippen molar-refractivity contribution in [1.82, 2.24) is 10.2 Å². The normalized spacial score (nSPS) is 17.7. The third-order valence-electron chi connectivity index (χ3n) is 4.71. The molecule has 1 aromatic heterocycles. The molecule has 2 aromatic rings. The van der Waals surface area contributed by atoms with Gasteiger partial charge in [0.2, 0.25) is 11.8 Å². The van der Waals surface area contributed by atoms with Crippen molar-refractivity contribution in [3.63, 3.8) is 0 Å². The highest BCUT2D eigenvalue weighted by Gasteiger charge is 2.35. The molecule has 1 aliphatic heterocycles. The van der Waals surface area contributed by atoms with Crippen molar-refractivity contribution in [2.75, 3.05) is 13.1 Å². The molecule has 0 radical (unpaired) electrons. The number of furan rings is 1. The van der Waals surface area contributed by atoms with Gasteiger partial charge in [0, 0.05) is 19.5 Å². The van der Waals surface area contributed by atoms with Gasteiger partial charge in [-0.05, 0) is 24.1 Å². The highest BCUT2D eigenvalue weighted by molar-refractivity contribution is 5.89. The van der Waals surface area contributed by atoms with E-state index in [1.807, 2.05) is 30.3 Å². The number of rotatable bonds is 8. The van der Waals surface area contributed by atoms with E-state index in [-0.39, 0.29) is 24.8 Å². The average Bonchev–Trinajstić information content (AvgIpc) is 3.29. The van der Waals surface area contributed by atoms with Crippen molar-refractivity contribution < 1.29 is 23.9 Å². The largest absolute Gasteiger partial charge is 0.481 e. The lowest BCUT2D eigenvalue weighted by molar-refractivity contribution is -0.141. The summed E-state index contributed by atoms with van der Waals surface area (Å²) in [5, 5.41) is 12.1. The number of carbonyl (C=O) groups excluding carboxylic acids is 2. The molecule has 2 unspecified atom stereocenters. The lowest BCUT2D eigenvalue weighted by atomic mass is 9.99. The number of aliphatic carboxylic acids is 1. The molecule has 0 aliphatic carbocycles. The Kier molecular flexibility index (Phi) is 5.90. The Balaban J connectivity index is 1.52. The number of hydrogen-bond acceptors (Lipinski definition) is 4. The molecular formula is C20H22N2O5. The number of benzene rings is 1. The second-order valence-electron chi connectivity index (χ2n) is 6.72. The number of carboxylic acid groups (broad SMARTS) is 1. The number of carboxylic acids is 1. The second kappa shape index (κ2) is 8.53. The summed E-state index contributed by atoms with van der Waals surface area (Å²) < 4.78 is 5.24. The first-order valence-electron chi connectivity index (χ1n) is 8.87. The fourth-order valence-electron chi connectivity index (χ4n) is 3.20. The van der Waals surface area contributed by atoms with E-state index in [0.29, 0.717) is 25.3 Å². The van der Waals surface area contributed by atoms with Gasteiger partial charge in [0.25, 0.3) is 0 Å². The fourth-order valence-corrected chi connectivity index (χ4v) is 3.20. The van der Waals surface area contributed by atoms with Crippen LogP contribution in [0, 0.1) is 11.8 Å². The summed E-state index contributed by atoms with van der Waals surface area (Å²) in [6.07, 6.45) is 2.01. The molecule has 142 valence electrons. The first-order valence-corrected chi connectivity index (χ1v) is 8.87. The van der Waals surface area contributed by atoms with Gasteiger partial charge in [-0.1, -0.05) is 30.3 Å². The minimum Gasteiger partial charge on any atom is -0.481 e. The van der Waals surface area contributed by atoms with E-state index in [2.05, 4.69) is 5.32 Å². The van der Waals surface area contributed by atoms with E-state index < -0.39 is 17.8 Å². The Labute approximate surface area is 157 Å². The molecule has 2 amide bonds. The molecule has 0 bridgehead atoms. The van der Waals surface area contributed by atoms with Crippen molar-refractivity contribution in [3.8, 4) is 0 Å². The Hall–Kier alpha value is -3.09. The predicted molar refractivity (Wildman–Crippen MR) is 96.5 cm³/mol. The Morgan fingerprint density at radius 2 is 2.00 bits per heavy atom. The molecule has 27 heavy (non-hydrogen) atoms. The van der Waals surface area contributed by atoms with Gasteiger partial charge in [-0.15, -0.1) is 0 Å². The van der Waals surface area contributed by atoms with Crippen molar-refractivity contribution in [2.45, 2.75) is 19.4 Å². The van der Waals surface area contributed by atoms with Gasteiger partial charge in [-0.3, -0.25) is 14.4 Å². The predicted octanol–water partition coefficient (Wildman–Crippen LogP) is 1.69. The van der Waals surface area contributed by atoms with E-state index in [4.69, 9.17) is 4.42 Å². The smallest absolute Gasteiger partial charge is 0.308 e. The summed E-state index contributed by atoms with van der Waals surface area (Å²) >= 11 is 0. The average molecular weight is 370 g/mol. The summed E-state index contributed by atoms with van der Waals surface area (Å²) in [6.45, 7) is 0.676. The van der Waals surface area contributed by atoms with Gasteiger partial charge in [-0.25, -0.2) is 0 Å². The number of nitrogens with one attached hydrogen (secondary N) is 1. The summed E-state index contributed by atoms with van der Waals surface area (Å²) in [4.78, 5) is 37.6. The van der Waals surface area contributed by atoms with Crippen molar-refractivity contribution in [3.05, 3.63) is 60.1 Å². The second-order valence-corrected chi connectivity index (χ2v) is 6.72. The van der Waals surface area contributed by atoms with Crippen LogP contribution >= 0.6 is 0 Å². The van der Waals surface area contributed by atoms with Crippen LogP contribution in [-0.4, -0.2) is 40.9 Å². The topological polar surface area (TPSA) is 99.8 Å². The van der Waals surface area contributed by atoms with Crippen molar-refractivity contribution >= 4 is 17.8 Å². The standard InChI is InChI=1S/C20H22N2O5/c23-18-10-16(12-22(18)13-17-7-4-8-27-17)19(24)21-11-15(20(25)26)9-14-5-2-1-3-6-14/h1-8,15-16H,9-13H2,(H,21,24)(H,25,26). The minimum atomic E-state index is -0.957. The maximum atomic E-state index is 12.4. The quantitative estimate of drug-likeness (QED) is 0.737. The molecule has 1 aliphatic rings. The van der Waals surface area contributed by atoms with Crippen LogP contribution in [0.4, 0.5) is 0 Å². The van der Waals surface area contributed by atoms with Crippen LogP contribution in [0.15, 0.2) is 53.1 Å². The van der Waals surface area contributed by atoms with Crippen LogP contribution in [-0.2, 0) is 27.3 Å². The lowest BCUT2D eigenvalue weighted by Crippen LogP contribution is -2.38. The summed E-state index contributed by atoms with van der Waals surface area (Å²) in [5.41, 5.74) is 0.903. The third-order valence-corrected chi connectivity index (χ3v) is 4.71. The lowest BCUT2D eigenvalue weighted by Gasteiger charge is -2.17. The van der Waals surface area contributed by atoms with Gasteiger partial charge < -0.3 is 19.7 Å². The fraction of sp³-hybridized carbons (Fsp3) is 0.350. The highest BCUT2D eigenvalue weighted by Crippen LogP contribution is 2.20. The van der Waals surface area contributed by atoms with Crippen LogP contribution in [0.2, 0.25) is 0 Å². The number of nitrogens with zero attached hydrogens (tertiary/aromatic N) is 1. The number of carbonyl (C=O) groups is 3. The third kappa shape index (κ3) is 4.97. The number of likely N-dealkylation sites (tertiary alicyclic amines) is 1. The molecule has 2 atom stereocenters. The molecule has 2 heterocycles. The maximum Gasteiger partial charge on any atom is 0.308 e. The molecule has 2 N–H and O–H groups in total. The minimum absolute atomic E-state index is 0.0337. The van der Waals surface area contributed by atoms with Crippen LogP contribution in [0.5, 0.6) is 0 Å². The summed E-state index contributed by atoms with van der Waals surface area (Å²) in [5.74, 6) is -1.87. The molecule has 0 spiro atoms. The van der Waals surface area contributed by atoms with Crippen LogP contribution in [0.25, 0.3) is 0 Å². The molecular weight excluding hydrogens is 348 g/mol. The summed E-state index contributed by atoms with van der Waals surface area (Å²) in [7, 11) is 0. The first-order chi connectivity index (χ1) is 13.0. The van der Waals surface area contributed by atoms with Crippen LogP contribution in [0.1, 0.15) is 17.7 Å². The van der Waals surface area contributed by atoms with Gasteiger partial charge in [-0.2, -0.15) is 0 Å². The van der Waals surface area contributed by atoms with Gasteiger partial charge >= 0.3 is 5.97 Å². The number of hydrogen-bond donors (Lipinski definition) is 2. The zero-order valence-electron chi connectivity index (χ0n) is 14.8. The Bertz CT molecular complexity index is 788. The molecule has 7 heteroatoms. The van der Waals surface area contributed by atoms with Gasteiger partial charge in [0.15, 0.2) is 0 Å². The van der Waals surface area contributed by atoms with Gasteiger partial charge in [0.05, 0.1) is 24.6 Å². The van der Waals surface area contributed by atoms with E-state index in [1.54, 1.807) is 23.3 Å². The Morgan fingerprint density at radius 1 is 1.22 bits per heavy atom. The molecule has 3 rings (SSSR count). The van der Waals surface area contributed by atoms with Crippen LogP contribution < -0.4 is 5.32 Å². The Morgan fingerprint density at radius 3 is 2.67 bits per heavy atom. The molecule has 1 fully saturated rings. The molecule has 1 aromatic carbocycles. The SMILES string of the molecule is O=C(O)C(CNC(=O)C1CC(=O)N(Cc2ccco2)C1)Cc1ccccc1. The van der Waals surface area contributed by atoms with E-state index in [1.165, 1.54) is 0 Å². The zero-order chi connectivity index (χ0) is 19.2. The van der Waals surface area contributed by atoms with Crippen molar-refractivity contribution in [1.29, 1.82) is 0 Å². The molecule has 1 saturated heterocycles.